The van der Waals surface area contributed by atoms with E-state index in [1.165, 1.54) is 6.92 Å². The molecule has 0 radical (unpaired) electrons. The molecule has 2 atom stereocenters. The van der Waals surface area contributed by atoms with Gasteiger partial charge in [-0.15, -0.1) is 0 Å². The second kappa shape index (κ2) is 5.70. The Morgan fingerprint density at radius 2 is 2.00 bits per heavy atom. The van der Waals surface area contributed by atoms with Gasteiger partial charge in [0.1, 0.15) is 5.54 Å². The van der Waals surface area contributed by atoms with Crippen molar-refractivity contribution in [2.75, 3.05) is 0 Å². The number of rotatable bonds is 6. The molecule has 4 N–H and O–H groups in total. The molecule has 0 saturated carbocycles. The predicted octanol–water partition coefficient (Wildman–Crippen LogP) is 0.483. The quantitative estimate of drug-likeness (QED) is 0.602. The molecular weight excluding hydrogens is 196 g/mol. The van der Waals surface area contributed by atoms with Crippen LogP contribution >= 0.6 is 0 Å². The van der Waals surface area contributed by atoms with Crippen LogP contribution in [0.25, 0.3) is 0 Å². The van der Waals surface area contributed by atoms with Gasteiger partial charge in [0.2, 0.25) is 5.91 Å². The fraction of sp³-hybridized carbons (Fsp3) is 0.800. The maximum absolute atomic E-state index is 11.5. The fourth-order valence-corrected chi connectivity index (χ4v) is 1.10. The lowest BCUT2D eigenvalue weighted by atomic mass is 9.98. The van der Waals surface area contributed by atoms with Gasteiger partial charge in [-0.1, -0.05) is 20.3 Å². The van der Waals surface area contributed by atoms with Crippen LogP contribution < -0.4 is 11.1 Å². The summed E-state index contributed by atoms with van der Waals surface area (Å²) in [6.45, 7) is 5.11. The summed E-state index contributed by atoms with van der Waals surface area (Å²) in [6, 6.07) is -0.625. The fourth-order valence-electron chi connectivity index (χ4n) is 1.10. The third-order valence-corrected chi connectivity index (χ3v) is 2.51. The molecule has 5 heteroatoms. The van der Waals surface area contributed by atoms with E-state index in [0.29, 0.717) is 12.8 Å². The number of carbonyl (C=O) groups excluding carboxylic acids is 1. The van der Waals surface area contributed by atoms with Crippen LogP contribution in [0.5, 0.6) is 0 Å². The average Bonchev–Trinajstić information content (AvgIpc) is 2.17. The highest BCUT2D eigenvalue weighted by molar-refractivity contribution is 5.89. The molecule has 5 nitrogen and oxygen atoms in total. The van der Waals surface area contributed by atoms with E-state index in [-0.39, 0.29) is 0 Å². The molecule has 0 aromatic heterocycles. The summed E-state index contributed by atoms with van der Waals surface area (Å²) in [5, 5.41) is 11.4. The van der Waals surface area contributed by atoms with Gasteiger partial charge in [-0.2, -0.15) is 0 Å². The molecule has 0 aromatic carbocycles. The number of nitrogens with one attached hydrogen (secondary N) is 1. The number of aliphatic carboxylic acids is 1. The Kier molecular flexibility index (Phi) is 5.28. The molecule has 0 rings (SSSR count). The van der Waals surface area contributed by atoms with Gasteiger partial charge in [-0.3, -0.25) is 4.79 Å². The van der Waals surface area contributed by atoms with E-state index >= 15 is 0 Å². The summed E-state index contributed by atoms with van der Waals surface area (Å²) < 4.78 is 0. The number of hydrogen-bond acceptors (Lipinski definition) is 3. The van der Waals surface area contributed by atoms with Crippen LogP contribution in [0.3, 0.4) is 0 Å². The van der Waals surface area contributed by atoms with Gasteiger partial charge in [-0.25, -0.2) is 4.79 Å². The SMILES string of the molecule is CCCC(N)C(=O)NC(C)(CC)C(=O)O. The Hall–Kier alpha value is -1.10. The molecule has 0 fully saturated rings. The summed E-state index contributed by atoms with van der Waals surface area (Å²) in [5.41, 5.74) is 4.36. The van der Waals surface area contributed by atoms with Gasteiger partial charge < -0.3 is 16.2 Å². The van der Waals surface area contributed by atoms with Gasteiger partial charge in [-0.05, 0) is 19.8 Å². The van der Waals surface area contributed by atoms with Gasteiger partial charge in [0.15, 0.2) is 0 Å². The molecule has 0 saturated heterocycles. The zero-order valence-corrected chi connectivity index (χ0v) is 9.54. The maximum atomic E-state index is 11.5. The van der Waals surface area contributed by atoms with Crippen molar-refractivity contribution in [3.63, 3.8) is 0 Å². The standard InChI is InChI=1S/C10H20N2O3/c1-4-6-7(11)8(13)12-10(3,5-2)9(14)15/h7H,4-6,11H2,1-3H3,(H,12,13)(H,14,15). The largest absolute Gasteiger partial charge is 0.480 e. The van der Waals surface area contributed by atoms with Crippen molar-refractivity contribution in [3.05, 3.63) is 0 Å². The van der Waals surface area contributed by atoms with E-state index in [1.807, 2.05) is 6.92 Å². The minimum absolute atomic E-state index is 0.326. The summed E-state index contributed by atoms with van der Waals surface area (Å²) in [4.78, 5) is 22.4. The van der Waals surface area contributed by atoms with Crippen molar-refractivity contribution in [1.29, 1.82) is 0 Å². The summed E-state index contributed by atoms with van der Waals surface area (Å²) in [7, 11) is 0. The Morgan fingerprint density at radius 3 is 2.33 bits per heavy atom. The Morgan fingerprint density at radius 1 is 1.47 bits per heavy atom. The Bertz CT molecular complexity index is 243. The second-order valence-corrected chi connectivity index (χ2v) is 3.88. The van der Waals surface area contributed by atoms with Crippen LogP contribution in [0, 0.1) is 0 Å². The summed E-state index contributed by atoms with van der Waals surface area (Å²) in [6.07, 6.45) is 1.68. The molecule has 0 aliphatic rings. The molecule has 0 aromatic rings. The Labute approximate surface area is 90.0 Å². The molecule has 0 spiro atoms. The molecule has 1 amide bonds. The maximum Gasteiger partial charge on any atom is 0.329 e. The third-order valence-electron chi connectivity index (χ3n) is 2.51. The first-order valence-corrected chi connectivity index (χ1v) is 5.18. The highest BCUT2D eigenvalue weighted by atomic mass is 16.4. The first-order valence-electron chi connectivity index (χ1n) is 5.18. The molecule has 15 heavy (non-hydrogen) atoms. The van der Waals surface area contributed by atoms with Crippen molar-refractivity contribution >= 4 is 11.9 Å². The molecule has 0 aliphatic heterocycles. The van der Waals surface area contributed by atoms with E-state index < -0.39 is 23.5 Å². The number of carboxylic acids is 1. The number of amides is 1. The predicted molar refractivity (Wildman–Crippen MR) is 57.4 cm³/mol. The summed E-state index contributed by atoms with van der Waals surface area (Å²) >= 11 is 0. The molecule has 0 bridgehead atoms. The molecular formula is C10H20N2O3. The second-order valence-electron chi connectivity index (χ2n) is 3.88. The van der Waals surface area contributed by atoms with E-state index in [1.54, 1.807) is 6.92 Å². The monoisotopic (exact) mass is 216 g/mol. The van der Waals surface area contributed by atoms with Gasteiger partial charge in [0.25, 0.3) is 0 Å². The van der Waals surface area contributed by atoms with Crippen LogP contribution in [-0.4, -0.2) is 28.6 Å². The minimum Gasteiger partial charge on any atom is -0.480 e. The molecule has 88 valence electrons. The van der Waals surface area contributed by atoms with E-state index in [9.17, 15) is 9.59 Å². The van der Waals surface area contributed by atoms with Crippen molar-refractivity contribution in [2.45, 2.75) is 51.6 Å². The van der Waals surface area contributed by atoms with Crippen LogP contribution in [0.2, 0.25) is 0 Å². The number of carbonyl (C=O) groups is 2. The van der Waals surface area contributed by atoms with E-state index in [0.717, 1.165) is 6.42 Å². The van der Waals surface area contributed by atoms with Crippen LogP contribution in [0.4, 0.5) is 0 Å². The van der Waals surface area contributed by atoms with Crippen molar-refractivity contribution in [3.8, 4) is 0 Å². The van der Waals surface area contributed by atoms with Crippen molar-refractivity contribution < 1.29 is 14.7 Å². The zero-order valence-electron chi connectivity index (χ0n) is 9.54. The molecule has 0 aliphatic carbocycles. The van der Waals surface area contributed by atoms with Crippen molar-refractivity contribution in [2.24, 2.45) is 5.73 Å². The zero-order chi connectivity index (χ0) is 12.1. The minimum atomic E-state index is -1.22. The lowest BCUT2D eigenvalue weighted by molar-refractivity contribution is -0.147. The topological polar surface area (TPSA) is 92.4 Å². The van der Waals surface area contributed by atoms with Crippen LogP contribution in [0.1, 0.15) is 40.0 Å². The highest BCUT2D eigenvalue weighted by Gasteiger charge is 2.33. The summed E-state index contributed by atoms with van der Waals surface area (Å²) in [5.74, 6) is -1.44. The molecule has 2 unspecified atom stereocenters. The average molecular weight is 216 g/mol. The van der Waals surface area contributed by atoms with Gasteiger partial charge in [0.05, 0.1) is 6.04 Å². The van der Waals surface area contributed by atoms with E-state index in [2.05, 4.69) is 5.32 Å². The Balaban J connectivity index is 4.43. The highest BCUT2D eigenvalue weighted by Crippen LogP contribution is 2.09. The number of carboxylic acid groups (broad SMARTS) is 1. The first-order chi connectivity index (χ1) is 6.87. The van der Waals surface area contributed by atoms with Crippen molar-refractivity contribution in [1.82, 2.24) is 5.32 Å². The van der Waals surface area contributed by atoms with Crippen LogP contribution in [0.15, 0.2) is 0 Å². The van der Waals surface area contributed by atoms with E-state index in [4.69, 9.17) is 10.8 Å². The lowest BCUT2D eigenvalue weighted by Crippen LogP contribution is -2.56. The first kappa shape index (κ1) is 13.9. The van der Waals surface area contributed by atoms with Gasteiger partial charge in [0, 0.05) is 0 Å². The molecule has 0 heterocycles. The lowest BCUT2D eigenvalue weighted by Gasteiger charge is -2.26. The van der Waals surface area contributed by atoms with Gasteiger partial charge >= 0.3 is 5.97 Å². The third kappa shape index (κ3) is 3.87. The number of hydrogen-bond donors (Lipinski definition) is 3. The van der Waals surface area contributed by atoms with Crippen LogP contribution in [-0.2, 0) is 9.59 Å². The normalized spacial score (nSPS) is 16.5. The number of nitrogens with two attached hydrogens (primary N) is 1. The smallest absolute Gasteiger partial charge is 0.329 e.